The van der Waals surface area contributed by atoms with Crippen LogP contribution in [0.2, 0.25) is 0 Å². The van der Waals surface area contributed by atoms with Gasteiger partial charge in [0.15, 0.2) is 0 Å². The zero-order valence-corrected chi connectivity index (χ0v) is 10.2. The summed E-state index contributed by atoms with van der Waals surface area (Å²) >= 11 is 1.25. The number of nitrogens with zero attached hydrogens (tertiary/aromatic N) is 2. The van der Waals surface area contributed by atoms with E-state index in [1.165, 1.54) is 11.5 Å². The first-order chi connectivity index (χ1) is 8.28. The number of para-hydroxylation sites is 1. The first kappa shape index (κ1) is 11.7. The van der Waals surface area contributed by atoms with Crippen molar-refractivity contribution in [1.82, 2.24) is 9.36 Å². The van der Waals surface area contributed by atoms with Crippen LogP contribution in [0.4, 0.5) is 0 Å². The number of esters is 1. The van der Waals surface area contributed by atoms with E-state index >= 15 is 0 Å². The third-order valence-electron chi connectivity index (χ3n) is 2.10. The van der Waals surface area contributed by atoms with Gasteiger partial charge in [-0.05, 0) is 23.7 Å². The van der Waals surface area contributed by atoms with Crippen molar-refractivity contribution in [3.63, 3.8) is 0 Å². The molecule has 0 N–H and O–H groups in total. The highest BCUT2D eigenvalue weighted by molar-refractivity contribution is 7.05. The molecule has 0 aliphatic carbocycles. The van der Waals surface area contributed by atoms with Crippen LogP contribution in [0.5, 0.6) is 5.75 Å². The van der Waals surface area contributed by atoms with E-state index in [0.717, 1.165) is 12.2 Å². The van der Waals surface area contributed by atoms with Crippen molar-refractivity contribution in [1.29, 1.82) is 0 Å². The van der Waals surface area contributed by atoms with E-state index in [9.17, 15) is 4.79 Å². The van der Waals surface area contributed by atoms with Crippen LogP contribution in [0.15, 0.2) is 30.3 Å². The molecule has 0 aliphatic heterocycles. The minimum Gasteiger partial charge on any atom is -0.426 e. The number of rotatable bonds is 4. The Bertz CT molecular complexity index is 496. The average Bonchev–Trinajstić information content (AvgIpc) is 2.78. The molecule has 2 aromatic rings. The molecule has 1 aromatic heterocycles. The maximum atomic E-state index is 11.6. The van der Waals surface area contributed by atoms with Gasteiger partial charge in [-0.25, -0.2) is 4.98 Å². The maximum absolute atomic E-state index is 11.6. The molecule has 1 heterocycles. The minimum absolute atomic E-state index is 0.173. The number of ether oxygens (including phenoxy) is 1. The monoisotopic (exact) mass is 248 g/mol. The molecule has 0 fully saturated rings. The molecule has 2 rings (SSSR count). The summed E-state index contributed by atoms with van der Waals surface area (Å²) < 4.78 is 9.28. The van der Waals surface area contributed by atoms with E-state index in [4.69, 9.17) is 4.74 Å². The Morgan fingerprint density at radius 3 is 2.76 bits per heavy atom. The standard InChI is InChI=1S/C12H12N2O2S/c1-2-10-13-11(17-14-10)8-12(15)16-9-6-4-3-5-7-9/h3-7H,2,8H2,1H3. The topological polar surface area (TPSA) is 52.1 Å². The molecule has 0 bridgehead atoms. The first-order valence-electron chi connectivity index (χ1n) is 5.35. The van der Waals surface area contributed by atoms with Gasteiger partial charge >= 0.3 is 5.97 Å². The van der Waals surface area contributed by atoms with Crippen LogP contribution < -0.4 is 4.74 Å². The maximum Gasteiger partial charge on any atom is 0.318 e. The molecule has 0 atom stereocenters. The summed E-state index contributed by atoms with van der Waals surface area (Å²) in [6.07, 6.45) is 0.955. The van der Waals surface area contributed by atoms with Crippen molar-refractivity contribution in [3.8, 4) is 5.75 Å². The minimum atomic E-state index is -0.310. The predicted molar refractivity (Wildman–Crippen MR) is 65.1 cm³/mol. The summed E-state index contributed by atoms with van der Waals surface area (Å²) in [6.45, 7) is 1.98. The second kappa shape index (κ2) is 5.54. The zero-order chi connectivity index (χ0) is 12.1. The average molecular weight is 248 g/mol. The predicted octanol–water partition coefficient (Wildman–Crippen LogP) is 2.25. The SMILES string of the molecule is CCc1nsc(CC(=O)Oc2ccccc2)n1. The Labute approximate surface area is 103 Å². The quantitative estimate of drug-likeness (QED) is 0.615. The fourth-order valence-corrected chi connectivity index (χ4v) is 1.99. The van der Waals surface area contributed by atoms with Gasteiger partial charge in [-0.1, -0.05) is 25.1 Å². The van der Waals surface area contributed by atoms with Crippen molar-refractivity contribution in [2.45, 2.75) is 19.8 Å². The van der Waals surface area contributed by atoms with E-state index in [1.807, 2.05) is 25.1 Å². The number of aryl methyl sites for hydroxylation is 1. The highest BCUT2D eigenvalue weighted by atomic mass is 32.1. The van der Waals surface area contributed by atoms with E-state index in [0.29, 0.717) is 10.8 Å². The van der Waals surface area contributed by atoms with Crippen molar-refractivity contribution in [3.05, 3.63) is 41.2 Å². The zero-order valence-electron chi connectivity index (χ0n) is 9.42. The Morgan fingerprint density at radius 1 is 1.35 bits per heavy atom. The Balaban J connectivity index is 1.93. The molecule has 4 nitrogen and oxygen atoms in total. The van der Waals surface area contributed by atoms with Gasteiger partial charge in [-0.15, -0.1) is 0 Å². The van der Waals surface area contributed by atoms with Crippen LogP contribution in [0.25, 0.3) is 0 Å². The molecule has 17 heavy (non-hydrogen) atoms. The van der Waals surface area contributed by atoms with Gasteiger partial charge in [0.2, 0.25) is 0 Å². The summed E-state index contributed by atoms with van der Waals surface area (Å²) in [5.41, 5.74) is 0. The molecule has 0 saturated carbocycles. The lowest BCUT2D eigenvalue weighted by Gasteiger charge is -2.01. The van der Waals surface area contributed by atoms with Crippen molar-refractivity contribution >= 4 is 17.5 Å². The second-order valence-electron chi connectivity index (χ2n) is 3.42. The van der Waals surface area contributed by atoms with Crippen molar-refractivity contribution in [2.75, 3.05) is 0 Å². The van der Waals surface area contributed by atoms with Gasteiger partial charge in [0.1, 0.15) is 16.6 Å². The summed E-state index contributed by atoms with van der Waals surface area (Å²) in [5, 5.41) is 0.697. The van der Waals surface area contributed by atoms with Gasteiger partial charge in [0, 0.05) is 6.42 Å². The van der Waals surface area contributed by atoms with E-state index in [1.54, 1.807) is 12.1 Å². The second-order valence-corrected chi connectivity index (χ2v) is 4.26. The van der Waals surface area contributed by atoms with E-state index in [2.05, 4.69) is 9.36 Å². The third kappa shape index (κ3) is 3.35. The summed E-state index contributed by atoms with van der Waals surface area (Å²) in [5.74, 6) is 1.02. The van der Waals surface area contributed by atoms with Crippen LogP contribution in [-0.2, 0) is 17.6 Å². The van der Waals surface area contributed by atoms with Crippen molar-refractivity contribution in [2.24, 2.45) is 0 Å². The Morgan fingerprint density at radius 2 is 2.12 bits per heavy atom. The van der Waals surface area contributed by atoms with Gasteiger partial charge in [0.05, 0.1) is 6.42 Å². The third-order valence-corrected chi connectivity index (χ3v) is 2.85. The Hall–Kier alpha value is -1.75. The van der Waals surface area contributed by atoms with Crippen LogP contribution >= 0.6 is 11.5 Å². The van der Waals surface area contributed by atoms with Crippen LogP contribution in [0, 0.1) is 0 Å². The van der Waals surface area contributed by atoms with Gasteiger partial charge in [-0.2, -0.15) is 4.37 Å². The molecule has 0 spiro atoms. The van der Waals surface area contributed by atoms with Crippen molar-refractivity contribution < 1.29 is 9.53 Å². The van der Waals surface area contributed by atoms with Crippen LogP contribution in [-0.4, -0.2) is 15.3 Å². The fraction of sp³-hybridized carbons (Fsp3) is 0.250. The first-order valence-corrected chi connectivity index (χ1v) is 6.12. The molecular weight excluding hydrogens is 236 g/mol. The molecule has 0 aliphatic rings. The summed E-state index contributed by atoms with van der Waals surface area (Å²) in [4.78, 5) is 15.8. The normalized spacial score (nSPS) is 10.2. The van der Waals surface area contributed by atoms with E-state index < -0.39 is 0 Å². The highest BCUT2D eigenvalue weighted by Crippen LogP contribution is 2.11. The molecule has 1 aromatic carbocycles. The number of carbonyl (C=O) groups excluding carboxylic acids is 1. The number of hydrogen-bond donors (Lipinski definition) is 0. The molecule has 0 radical (unpaired) electrons. The number of hydrogen-bond acceptors (Lipinski definition) is 5. The van der Waals surface area contributed by atoms with Crippen LogP contribution in [0.1, 0.15) is 17.8 Å². The van der Waals surface area contributed by atoms with E-state index in [-0.39, 0.29) is 12.4 Å². The summed E-state index contributed by atoms with van der Waals surface area (Å²) in [7, 11) is 0. The lowest BCUT2D eigenvalue weighted by atomic mass is 10.3. The number of carbonyl (C=O) groups is 1. The van der Waals surface area contributed by atoms with Gasteiger partial charge in [-0.3, -0.25) is 4.79 Å². The fourth-order valence-electron chi connectivity index (χ4n) is 1.29. The molecular formula is C12H12N2O2S. The smallest absolute Gasteiger partial charge is 0.318 e. The lowest BCUT2D eigenvalue weighted by molar-refractivity contribution is -0.133. The van der Waals surface area contributed by atoms with Gasteiger partial charge in [0.25, 0.3) is 0 Å². The Kier molecular flexibility index (Phi) is 3.82. The molecule has 0 unspecified atom stereocenters. The van der Waals surface area contributed by atoms with Gasteiger partial charge < -0.3 is 4.74 Å². The molecule has 88 valence electrons. The molecule has 0 saturated heterocycles. The van der Waals surface area contributed by atoms with Crippen LogP contribution in [0.3, 0.4) is 0 Å². The lowest BCUT2D eigenvalue weighted by Crippen LogP contribution is -2.11. The molecule has 0 amide bonds. The highest BCUT2D eigenvalue weighted by Gasteiger charge is 2.10. The number of benzene rings is 1. The number of aromatic nitrogens is 2. The summed E-state index contributed by atoms with van der Waals surface area (Å²) in [6, 6.07) is 9.01. The largest absolute Gasteiger partial charge is 0.426 e. The molecule has 5 heteroatoms.